The van der Waals surface area contributed by atoms with Gasteiger partial charge >= 0.3 is 0 Å². The summed E-state index contributed by atoms with van der Waals surface area (Å²) in [5.41, 5.74) is 2.96. The smallest absolute Gasteiger partial charge is 0.258 e. The number of aromatic amines is 1. The van der Waals surface area contributed by atoms with Crippen LogP contribution in [0, 0.1) is 0 Å². The fourth-order valence-corrected chi connectivity index (χ4v) is 3.51. The molecule has 156 valence electrons. The molecule has 0 saturated carbocycles. The molecular weight excluding hydrogens is 388 g/mol. The fraction of sp³-hybridized carbons (Fsp3) is 0.160. The van der Waals surface area contributed by atoms with Crippen LogP contribution in [0.1, 0.15) is 34.7 Å². The van der Waals surface area contributed by atoms with Crippen LogP contribution in [-0.2, 0) is 6.54 Å². The first-order valence-corrected chi connectivity index (χ1v) is 10.2. The normalized spacial score (nSPS) is 12.1. The first kappa shape index (κ1) is 20.5. The third-order valence-corrected chi connectivity index (χ3v) is 5.39. The summed E-state index contributed by atoms with van der Waals surface area (Å²) in [6.07, 6.45) is 0. The molecule has 0 aliphatic carbocycles. The molecule has 1 amide bonds. The van der Waals surface area contributed by atoms with Crippen LogP contribution in [0.2, 0.25) is 0 Å². The fourth-order valence-electron chi connectivity index (χ4n) is 3.51. The van der Waals surface area contributed by atoms with E-state index < -0.39 is 0 Å². The summed E-state index contributed by atoms with van der Waals surface area (Å²) in [5.74, 6) is 0.475. The van der Waals surface area contributed by atoms with Crippen LogP contribution in [0.15, 0.2) is 83.7 Å². The van der Waals surface area contributed by atoms with Gasteiger partial charge in [-0.05, 0) is 55.9 Å². The van der Waals surface area contributed by atoms with Crippen molar-refractivity contribution in [3.63, 3.8) is 0 Å². The summed E-state index contributed by atoms with van der Waals surface area (Å²) < 4.78 is 0. The lowest BCUT2D eigenvalue weighted by molar-refractivity contribution is 0.102. The Bertz CT molecular complexity index is 1270. The van der Waals surface area contributed by atoms with Gasteiger partial charge in [0, 0.05) is 17.3 Å². The minimum atomic E-state index is -0.142. The van der Waals surface area contributed by atoms with Gasteiger partial charge in [0.1, 0.15) is 5.82 Å². The highest BCUT2D eigenvalue weighted by molar-refractivity contribution is 6.04. The molecule has 0 spiro atoms. The molecule has 6 heteroatoms. The zero-order valence-electron chi connectivity index (χ0n) is 17.5. The predicted octanol–water partition coefficient (Wildman–Crippen LogP) is 4.37. The van der Waals surface area contributed by atoms with E-state index in [1.807, 2.05) is 67.7 Å². The van der Waals surface area contributed by atoms with E-state index in [1.165, 1.54) is 0 Å². The minimum absolute atomic E-state index is 0.0466. The highest BCUT2D eigenvalue weighted by Crippen LogP contribution is 2.23. The van der Waals surface area contributed by atoms with Crippen molar-refractivity contribution in [2.24, 2.45) is 0 Å². The van der Waals surface area contributed by atoms with E-state index in [-0.39, 0.29) is 17.5 Å². The second-order valence-corrected chi connectivity index (χ2v) is 7.57. The monoisotopic (exact) mass is 412 g/mol. The number of rotatable bonds is 6. The van der Waals surface area contributed by atoms with Crippen molar-refractivity contribution in [3.8, 4) is 0 Å². The van der Waals surface area contributed by atoms with Gasteiger partial charge in [-0.25, -0.2) is 4.98 Å². The van der Waals surface area contributed by atoms with Gasteiger partial charge in [0.15, 0.2) is 0 Å². The van der Waals surface area contributed by atoms with Crippen molar-refractivity contribution in [1.29, 1.82) is 0 Å². The third-order valence-electron chi connectivity index (χ3n) is 5.39. The number of nitrogens with zero attached hydrogens (tertiary/aromatic N) is 2. The Balaban J connectivity index is 1.49. The SMILES string of the molecule is C[C@@H](c1cccc(NC(=O)c2ccccc2)c1)N(C)Cc1nc2ccccc2c(=O)[nH]1. The lowest BCUT2D eigenvalue weighted by Gasteiger charge is -2.25. The molecular formula is C25H24N4O2. The van der Waals surface area contributed by atoms with Crippen molar-refractivity contribution < 1.29 is 4.79 Å². The zero-order chi connectivity index (χ0) is 21.8. The van der Waals surface area contributed by atoms with Gasteiger partial charge < -0.3 is 10.3 Å². The van der Waals surface area contributed by atoms with Gasteiger partial charge in [0.25, 0.3) is 11.5 Å². The zero-order valence-corrected chi connectivity index (χ0v) is 17.5. The van der Waals surface area contributed by atoms with E-state index in [2.05, 4.69) is 27.1 Å². The minimum Gasteiger partial charge on any atom is -0.322 e. The van der Waals surface area contributed by atoms with Crippen LogP contribution in [0.4, 0.5) is 5.69 Å². The summed E-state index contributed by atoms with van der Waals surface area (Å²) >= 11 is 0. The Morgan fingerprint density at radius 2 is 1.77 bits per heavy atom. The Kier molecular flexibility index (Phi) is 5.91. The largest absolute Gasteiger partial charge is 0.322 e. The highest BCUT2D eigenvalue weighted by atomic mass is 16.1. The molecule has 31 heavy (non-hydrogen) atoms. The molecule has 0 radical (unpaired) electrons. The number of H-pyrrole nitrogens is 1. The average Bonchev–Trinajstić information content (AvgIpc) is 2.79. The molecule has 0 fully saturated rings. The third kappa shape index (κ3) is 4.70. The molecule has 0 saturated heterocycles. The van der Waals surface area contributed by atoms with Crippen molar-refractivity contribution in [3.05, 3.63) is 106 Å². The maximum absolute atomic E-state index is 12.4. The van der Waals surface area contributed by atoms with Gasteiger partial charge in [-0.1, -0.05) is 42.5 Å². The number of para-hydroxylation sites is 1. The molecule has 1 heterocycles. The molecule has 4 rings (SSSR count). The molecule has 2 N–H and O–H groups in total. The molecule has 0 bridgehead atoms. The number of fused-ring (bicyclic) bond motifs is 1. The maximum atomic E-state index is 12.4. The van der Waals surface area contributed by atoms with Crippen molar-refractivity contribution in [2.75, 3.05) is 12.4 Å². The number of hydrogen-bond acceptors (Lipinski definition) is 4. The first-order chi connectivity index (χ1) is 15.0. The lowest BCUT2D eigenvalue weighted by atomic mass is 10.1. The maximum Gasteiger partial charge on any atom is 0.258 e. The van der Waals surface area contributed by atoms with Crippen molar-refractivity contribution in [1.82, 2.24) is 14.9 Å². The molecule has 1 aromatic heterocycles. The van der Waals surface area contributed by atoms with E-state index in [9.17, 15) is 9.59 Å². The predicted molar refractivity (Wildman–Crippen MR) is 123 cm³/mol. The summed E-state index contributed by atoms with van der Waals surface area (Å²) in [7, 11) is 1.98. The Labute approximate surface area is 180 Å². The molecule has 1 atom stereocenters. The van der Waals surface area contributed by atoms with Crippen LogP contribution in [0.3, 0.4) is 0 Å². The Morgan fingerprint density at radius 1 is 1.03 bits per heavy atom. The summed E-state index contributed by atoms with van der Waals surface area (Å²) in [5, 5.41) is 3.54. The molecule has 6 nitrogen and oxygen atoms in total. The molecule has 0 unspecified atom stereocenters. The lowest BCUT2D eigenvalue weighted by Crippen LogP contribution is -2.25. The first-order valence-electron chi connectivity index (χ1n) is 10.2. The van der Waals surface area contributed by atoms with Crippen LogP contribution in [0.25, 0.3) is 10.9 Å². The van der Waals surface area contributed by atoms with Crippen LogP contribution < -0.4 is 10.9 Å². The summed E-state index contributed by atoms with van der Waals surface area (Å²) in [4.78, 5) is 34.3. The average molecular weight is 412 g/mol. The number of carbonyl (C=O) groups is 1. The number of nitrogens with one attached hydrogen (secondary N) is 2. The van der Waals surface area contributed by atoms with Gasteiger partial charge in [-0.15, -0.1) is 0 Å². The quantitative estimate of drug-likeness (QED) is 0.493. The Hall–Kier alpha value is -3.77. The number of benzene rings is 3. The Morgan fingerprint density at radius 3 is 2.58 bits per heavy atom. The van der Waals surface area contributed by atoms with E-state index in [4.69, 9.17) is 0 Å². The number of aromatic nitrogens is 2. The van der Waals surface area contributed by atoms with Crippen molar-refractivity contribution >= 4 is 22.5 Å². The van der Waals surface area contributed by atoms with Gasteiger partial charge in [-0.3, -0.25) is 14.5 Å². The molecule has 4 aromatic rings. The highest BCUT2D eigenvalue weighted by Gasteiger charge is 2.15. The van der Waals surface area contributed by atoms with Gasteiger partial charge in [0.05, 0.1) is 17.4 Å². The number of carbonyl (C=O) groups excluding carboxylic acids is 1. The van der Waals surface area contributed by atoms with Crippen molar-refractivity contribution in [2.45, 2.75) is 19.5 Å². The molecule has 0 aliphatic heterocycles. The van der Waals surface area contributed by atoms with E-state index >= 15 is 0 Å². The number of amides is 1. The molecule has 0 aliphatic rings. The second-order valence-electron chi connectivity index (χ2n) is 7.57. The summed E-state index contributed by atoms with van der Waals surface area (Å²) in [6.45, 7) is 2.57. The van der Waals surface area contributed by atoms with E-state index in [1.54, 1.807) is 18.2 Å². The van der Waals surface area contributed by atoms with Gasteiger partial charge in [0.2, 0.25) is 0 Å². The van der Waals surface area contributed by atoms with Crippen LogP contribution in [-0.4, -0.2) is 27.8 Å². The van der Waals surface area contributed by atoms with E-state index in [0.717, 1.165) is 11.3 Å². The van der Waals surface area contributed by atoms with Crippen LogP contribution in [0.5, 0.6) is 0 Å². The van der Waals surface area contributed by atoms with Gasteiger partial charge in [-0.2, -0.15) is 0 Å². The number of hydrogen-bond donors (Lipinski definition) is 2. The number of anilines is 1. The summed E-state index contributed by atoms with van der Waals surface area (Å²) in [6, 6.07) is 24.3. The van der Waals surface area contributed by atoms with E-state index in [0.29, 0.717) is 28.8 Å². The topological polar surface area (TPSA) is 78.1 Å². The standard InChI is InChI=1S/C25H24N4O2/c1-17(29(2)16-23-27-22-14-7-6-13-21(22)25(31)28-23)19-11-8-12-20(15-19)26-24(30)18-9-4-3-5-10-18/h3-15,17H,16H2,1-2H3,(H,26,30)(H,27,28,31)/t17-/m0/s1. The van der Waals surface area contributed by atoms with Crippen LogP contribution >= 0.6 is 0 Å². The molecule has 3 aromatic carbocycles. The second kappa shape index (κ2) is 8.93.